The Morgan fingerprint density at radius 2 is 1.71 bits per heavy atom. The van der Waals surface area contributed by atoms with Gasteiger partial charge >= 0.3 is 0 Å². The molecule has 0 fully saturated rings. The van der Waals surface area contributed by atoms with Gasteiger partial charge in [-0.05, 0) is 44.4 Å². The van der Waals surface area contributed by atoms with Crippen LogP contribution in [0.5, 0.6) is 0 Å². The molecule has 0 aliphatic carbocycles. The number of nitrogens with one attached hydrogen (secondary N) is 1. The van der Waals surface area contributed by atoms with E-state index in [0.717, 1.165) is 13.1 Å². The van der Waals surface area contributed by atoms with Gasteiger partial charge in [0.25, 0.3) is 0 Å². The van der Waals surface area contributed by atoms with Gasteiger partial charge in [-0.25, -0.2) is 0 Å². The zero-order chi connectivity index (χ0) is 15.7. The van der Waals surface area contributed by atoms with Gasteiger partial charge in [-0.15, -0.1) is 0 Å². The van der Waals surface area contributed by atoms with Crippen molar-refractivity contribution >= 4 is 0 Å². The van der Waals surface area contributed by atoms with Crippen molar-refractivity contribution in [3.05, 3.63) is 35.4 Å². The van der Waals surface area contributed by atoms with Gasteiger partial charge in [0.1, 0.15) is 0 Å². The van der Waals surface area contributed by atoms with Crippen LogP contribution in [0.4, 0.5) is 0 Å². The molecule has 0 spiro atoms. The molecule has 0 unspecified atom stereocenters. The van der Waals surface area contributed by atoms with E-state index in [0.29, 0.717) is 25.7 Å². The van der Waals surface area contributed by atoms with Crippen molar-refractivity contribution in [2.45, 2.75) is 53.4 Å². The summed E-state index contributed by atoms with van der Waals surface area (Å²) in [6.45, 7) is 14.5. The maximum absolute atomic E-state index is 5.73. The van der Waals surface area contributed by atoms with Gasteiger partial charge in [0, 0.05) is 6.54 Å². The van der Waals surface area contributed by atoms with Crippen LogP contribution in [0.3, 0.4) is 0 Å². The number of hydrogen-bond acceptors (Lipinski definition) is 3. The molecule has 3 heteroatoms. The van der Waals surface area contributed by atoms with Crippen molar-refractivity contribution in [2.75, 3.05) is 19.8 Å². The second kappa shape index (κ2) is 9.19. The van der Waals surface area contributed by atoms with Crippen LogP contribution in [0.2, 0.25) is 0 Å². The standard InChI is InChI=1S/C18H31NO2/c1-15(2)12-19-13-16-8-6-7-9-17(16)14-20-10-11-21-18(3,4)5/h6-9,15,19H,10-14H2,1-5H3. The third-order valence-electron chi connectivity index (χ3n) is 3.01. The second-order valence-electron chi connectivity index (χ2n) is 6.81. The maximum Gasteiger partial charge on any atom is 0.0721 e. The van der Waals surface area contributed by atoms with E-state index >= 15 is 0 Å². The summed E-state index contributed by atoms with van der Waals surface area (Å²) >= 11 is 0. The lowest BCUT2D eigenvalue weighted by molar-refractivity contribution is -0.0377. The van der Waals surface area contributed by atoms with Gasteiger partial charge in [0.15, 0.2) is 0 Å². The normalized spacial score (nSPS) is 12.1. The van der Waals surface area contributed by atoms with E-state index in [2.05, 4.69) is 64.2 Å². The molecule has 120 valence electrons. The third kappa shape index (κ3) is 8.86. The van der Waals surface area contributed by atoms with Crippen molar-refractivity contribution in [3.8, 4) is 0 Å². The van der Waals surface area contributed by atoms with Crippen LogP contribution in [-0.4, -0.2) is 25.4 Å². The Labute approximate surface area is 130 Å². The summed E-state index contributed by atoms with van der Waals surface area (Å²) in [6, 6.07) is 8.45. The van der Waals surface area contributed by atoms with Crippen LogP contribution in [0.15, 0.2) is 24.3 Å². The highest BCUT2D eigenvalue weighted by Crippen LogP contribution is 2.11. The van der Waals surface area contributed by atoms with E-state index < -0.39 is 0 Å². The smallest absolute Gasteiger partial charge is 0.0721 e. The van der Waals surface area contributed by atoms with Crippen molar-refractivity contribution in [3.63, 3.8) is 0 Å². The largest absolute Gasteiger partial charge is 0.374 e. The molecule has 1 rings (SSSR count). The highest BCUT2D eigenvalue weighted by molar-refractivity contribution is 5.26. The predicted molar refractivity (Wildman–Crippen MR) is 88.3 cm³/mol. The minimum absolute atomic E-state index is 0.0952. The van der Waals surface area contributed by atoms with E-state index in [4.69, 9.17) is 9.47 Å². The minimum atomic E-state index is -0.0952. The monoisotopic (exact) mass is 293 g/mol. The van der Waals surface area contributed by atoms with Crippen LogP contribution in [0, 0.1) is 5.92 Å². The summed E-state index contributed by atoms with van der Waals surface area (Å²) in [7, 11) is 0. The number of rotatable bonds is 9. The molecule has 0 heterocycles. The second-order valence-corrected chi connectivity index (χ2v) is 6.81. The van der Waals surface area contributed by atoms with E-state index in [1.54, 1.807) is 0 Å². The first-order valence-electron chi connectivity index (χ1n) is 7.87. The summed E-state index contributed by atoms with van der Waals surface area (Å²) < 4.78 is 11.4. The van der Waals surface area contributed by atoms with E-state index in [9.17, 15) is 0 Å². The molecular weight excluding hydrogens is 262 g/mol. The Bertz CT molecular complexity index is 396. The summed E-state index contributed by atoms with van der Waals surface area (Å²) in [4.78, 5) is 0. The zero-order valence-electron chi connectivity index (χ0n) is 14.2. The Kier molecular flexibility index (Phi) is 7.94. The molecule has 0 atom stereocenters. The van der Waals surface area contributed by atoms with Gasteiger partial charge < -0.3 is 14.8 Å². The Hall–Kier alpha value is -0.900. The number of hydrogen-bond donors (Lipinski definition) is 1. The van der Waals surface area contributed by atoms with Crippen molar-refractivity contribution in [1.29, 1.82) is 0 Å². The van der Waals surface area contributed by atoms with Crippen molar-refractivity contribution in [2.24, 2.45) is 5.92 Å². The summed E-state index contributed by atoms with van der Waals surface area (Å²) in [5.74, 6) is 0.669. The average molecular weight is 293 g/mol. The lowest BCUT2D eigenvalue weighted by Gasteiger charge is -2.19. The average Bonchev–Trinajstić information content (AvgIpc) is 2.38. The lowest BCUT2D eigenvalue weighted by Crippen LogP contribution is -2.22. The topological polar surface area (TPSA) is 30.5 Å². The molecule has 0 radical (unpaired) electrons. The molecule has 1 aromatic carbocycles. The Morgan fingerprint density at radius 3 is 2.33 bits per heavy atom. The molecule has 0 aliphatic heterocycles. The summed E-state index contributed by atoms with van der Waals surface area (Å²) in [5, 5.41) is 3.48. The lowest BCUT2D eigenvalue weighted by atomic mass is 10.1. The highest BCUT2D eigenvalue weighted by atomic mass is 16.5. The molecule has 21 heavy (non-hydrogen) atoms. The molecule has 0 saturated carbocycles. The van der Waals surface area contributed by atoms with Crippen LogP contribution in [-0.2, 0) is 22.6 Å². The Morgan fingerprint density at radius 1 is 1.05 bits per heavy atom. The van der Waals surface area contributed by atoms with Gasteiger partial charge in [-0.2, -0.15) is 0 Å². The van der Waals surface area contributed by atoms with Crippen LogP contribution < -0.4 is 5.32 Å². The molecule has 0 aliphatic rings. The van der Waals surface area contributed by atoms with Crippen molar-refractivity contribution in [1.82, 2.24) is 5.32 Å². The maximum atomic E-state index is 5.73. The zero-order valence-corrected chi connectivity index (χ0v) is 14.2. The van der Waals surface area contributed by atoms with Gasteiger partial charge in [-0.3, -0.25) is 0 Å². The molecule has 0 saturated heterocycles. The molecular formula is C18H31NO2. The minimum Gasteiger partial charge on any atom is -0.374 e. The number of benzene rings is 1. The quantitative estimate of drug-likeness (QED) is 0.703. The molecule has 0 amide bonds. The van der Waals surface area contributed by atoms with Crippen LogP contribution >= 0.6 is 0 Å². The van der Waals surface area contributed by atoms with Gasteiger partial charge in [-0.1, -0.05) is 38.1 Å². The predicted octanol–water partition coefficient (Wildman–Crippen LogP) is 3.76. The third-order valence-corrected chi connectivity index (χ3v) is 3.01. The fourth-order valence-electron chi connectivity index (χ4n) is 1.96. The van der Waals surface area contributed by atoms with E-state index in [1.165, 1.54) is 11.1 Å². The molecule has 1 aromatic rings. The van der Waals surface area contributed by atoms with Gasteiger partial charge in [0.2, 0.25) is 0 Å². The molecule has 0 aromatic heterocycles. The SMILES string of the molecule is CC(C)CNCc1ccccc1COCCOC(C)(C)C. The fraction of sp³-hybridized carbons (Fsp3) is 0.667. The van der Waals surface area contributed by atoms with Crippen molar-refractivity contribution < 1.29 is 9.47 Å². The molecule has 3 nitrogen and oxygen atoms in total. The molecule has 0 bridgehead atoms. The Balaban J connectivity index is 2.33. The summed E-state index contributed by atoms with van der Waals surface area (Å²) in [6.07, 6.45) is 0. The first-order chi connectivity index (χ1) is 9.88. The van der Waals surface area contributed by atoms with Crippen LogP contribution in [0.1, 0.15) is 45.7 Å². The molecule has 1 N–H and O–H groups in total. The summed E-state index contributed by atoms with van der Waals surface area (Å²) in [5.41, 5.74) is 2.47. The van der Waals surface area contributed by atoms with E-state index in [-0.39, 0.29) is 5.60 Å². The first-order valence-corrected chi connectivity index (χ1v) is 7.87. The van der Waals surface area contributed by atoms with Gasteiger partial charge in [0.05, 0.1) is 25.4 Å². The first kappa shape index (κ1) is 18.1. The highest BCUT2D eigenvalue weighted by Gasteiger charge is 2.09. The van der Waals surface area contributed by atoms with E-state index in [1.807, 2.05) is 0 Å². The van der Waals surface area contributed by atoms with Crippen LogP contribution in [0.25, 0.3) is 0 Å². The number of ether oxygens (including phenoxy) is 2. The fourth-order valence-corrected chi connectivity index (χ4v) is 1.96.